The maximum absolute atomic E-state index is 11.5. The number of carbonyl (C=O) groups excluding carboxylic acids is 1. The number of nitrogens with zero attached hydrogens (tertiary/aromatic N) is 1. The minimum atomic E-state index is 0.0781. The third-order valence-electron chi connectivity index (χ3n) is 1.87. The molecule has 58 valence electrons. The Labute approximate surface area is 71.2 Å². The summed E-state index contributed by atoms with van der Waals surface area (Å²) in [6, 6.07) is 5.52. The van der Waals surface area contributed by atoms with Crippen molar-refractivity contribution in [2.45, 2.75) is 6.92 Å². The molecule has 1 aromatic rings. The molecule has 0 saturated carbocycles. The van der Waals surface area contributed by atoms with Gasteiger partial charge in [-0.05, 0) is 13.0 Å². The summed E-state index contributed by atoms with van der Waals surface area (Å²) in [6.45, 7) is 4.77. The molecule has 0 N–H and O–H groups in total. The predicted molar refractivity (Wildman–Crippen MR) is 43.4 cm³/mol. The molecule has 0 bridgehead atoms. The monoisotopic (exact) mass is 158 g/mol. The second-order valence-corrected chi connectivity index (χ2v) is 2.74. The molecule has 2 nitrogen and oxygen atoms in total. The molecule has 1 aliphatic heterocycles. The van der Waals surface area contributed by atoms with E-state index in [4.69, 9.17) is 0 Å². The van der Waals surface area contributed by atoms with Crippen LogP contribution in [0.3, 0.4) is 0 Å². The van der Waals surface area contributed by atoms with E-state index >= 15 is 0 Å². The molecular weight excluding hydrogens is 150 g/mol. The fourth-order valence-electron chi connectivity index (χ4n) is 1.17. The number of Topliss-reactive ketones (excluding diaryl/α,β-unsaturated/α-hetero) is 1. The second kappa shape index (κ2) is 2.55. The minimum absolute atomic E-state index is 0.0781. The number of ketones is 1. The summed E-state index contributed by atoms with van der Waals surface area (Å²) in [5.41, 5.74) is 1.42. The Hall–Kier alpha value is -1.44. The number of rotatable bonds is 0. The molecule has 2 heterocycles. The van der Waals surface area contributed by atoms with E-state index in [2.05, 4.69) is 6.54 Å². The minimum Gasteiger partial charge on any atom is -0.282 e. The third-order valence-corrected chi connectivity index (χ3v) is 1.87. The highest BCUT2D eigenvalue weighted by Gasteiger charge is 2.24. The first-order valence-corrected chi connectivity index (χ1v) is 3.78. The Bertz CT molecular complexity index is 366. The highest BCUT2D eigenvalue weighted by molar-refractivity contribution is 6.06. The summed E-state index contributed by atoms with van der Waals surface area (Å²) >= 11 is 0. The van der Waals surface area contributed by atoms with Gasteiger partial charge in [0.2, 0.25) is 0 Å². The lowest BCUT2D eigenvalue weighted by molar-refractivity contribution is -0.630. The van der Waals surface area contributed by atoms with Crippen molar-refractivity contribution in [3.8, 4) is 0 Å². The van der Waals surface area contributed by atoms with Crippen LogP contribution in [0.2, 0.25) is 0 Å². The summed E-state index contributed by atoms with van der Waals surface area (Å²) in [5.74, 6) is 0.0781. The van der Waals surface area contributed by atoms with E-state index in [1.165, 1.54) is 0 Å². The lowest BCUT2D eigenvalue weighted by Crippen LogP contribution is -2.40. The number of hydrogen-bond acceptors (Lipinski definition) is 1. The van der Waals surface area contributed by atoms with E-state index in [1.807, 2.05) is 18.3 Å². The molecule has 2 heteroatoms. The van der Waals surface area contributed by atoms with Crippen molar-refractivity contribution < 1.29 is 9.36 Å². The van der Waals surface area contributed by atoms with Crippen molar-refractivity contribution in [2.75, 3.05) is 0 Å². The summed E-state index contributed by atoms with van der Waals surface area (Å²) in [5, 5.41) is 0. The van der Waals surface area contributed by atoms with Crippen LogP contribution in [0.4, 0.5) is 0 Å². The summed E-state index contributed by atoms with van der Waals surface area (Å²) in [6.07, 6.45) is 3.52. The van der Waals surface area contributed by atoms with Crippen LogP contribution in [0.15, 0.2) is 36.0 Å². The number of hydrogen-bond donors (Lipinski definition) is 0. The highest BCUT2D eigenvalue weighted by atomic mass is 16.1. The van der Waals surface area contributed by atoms with Gasteiger partial charge in [-0.1, -0.05) is 0 Å². The van der Waals surface area contributed by atoms with Gasteiger partial charge in [0, 0.05) is 23.8 Å². The van der Waals surface area contributed by atoms with Crippen LogP contribution in [0, 0.1) is 6.54 Å². The molecule has 0 aliphatic carbocycles. The van der Waals surface area contributed by atoms with Crippen molar-refractivity contribution in [1.82, 2.24) is 0 Å². The molecule has 1 aliphatic rings. The Morgan fingerprint density at radius 1 is 1.42 bits per heavy atom. The molecule has 1 aromatic heterocycles. The molecular formula is C10H8NO+. The van der Waals surface area contributed by atoms with Crippen molar-refractivity contribution >= 4 is 5.78 Å². The van der Waals surface area contributed by atoms with E-state index in [0.29, 0.717) is 5.69 Å². The van der Waals surface area contributed by atoms with Gasteiger partial charge in [0.1, 0.15) is 0 Å². The van der Waals surface area contributed by atoms with Crippen LogP contribution < -0.4 is 4.57 Å². The number of fused-ring (bicyclic) bond motifs is 1. The van der Waals surface area contributed by atoms with Gasteiger partial charge in [0.25, 0.3) is 11.5 Å². The van der Waals surface area contributed by atoms with Gasteiger partial charge in [0.15, 0.2) is 6.20 Å². The van der Waals surface area contributed by atoms with Gasteiger partial charge in [0.05, 0.1) is 0 Å². The number of pyridine rings is 1. The van der Waals surface area contributed by atoms with Crippen LogP contribution in [0.25, 0.3) is 0 Å². The molecule has 2 radical (unpaired) electrons. The normalized spacial score (nSPS) is 15.4. The van der Waals surface area contributed by atoms with Gasteiger partial charge in [-0.2, -0.15) is 4.57 Å². The molecule has 0 atom stereocenters. The Morgan fingerprint density at radius 2 is 2.25 bits per heavy atom. The van der Waals surface area contributed by atoms with E-state index < -0.39 is 0 Å². The van der Waals surface area contributed by atoms with Gasteiger partial charge in [-0.3, -0.25) is 4.79 Å². The van der Waals surface area contributed by atoms with Gasteiger partial charge >= 0.3 is 6.54 Å². The SMILES string of the molecule is CC1=C[C][n+]2ccccc2C1=O. The fourth-order valence-corrected chi connectivity index (χ4v) is 1.17. The van der Waals surface area contributed by atoms with Gasteiger partial charge in [-0.15, -0.1) is 0 Å². The summed E-state index contributed by atoms with van der Waals surface area (Å²) in [4.78, 5) is 11.5. The van der Waals surface area contributed by atoms with Gasteiger partial charge < -0.3 is 0 Å². The van der Waals surface area contributed by atoms with E-state index in [-0.39, 0.29) is 5.78 Å². The Kier molecular flexibility index (Phi) is 1.54. The molecule has 0 saturated heterocycles. The Balaban J connectivity index is 2.57. The molecule has 0 fully saturated rings. The zero-order valence-corrected chi connectivity index (χ0v) is 6.74. The predicted octanol–water partition coefficient (Wildman–Crippen LogP) is 1.00. The van der Waals surface area contributed by atoms with E-state index in [1.54, 1.807) is 23.6 Å². The third kappa shape index (κ3) is 0.961. The fraction of sp³-hybridized carbons (Fsp3) is 0.100. The number of allylic oxidation sites excluding steroid dienone is 2. The Morgan fingerprint density at radius 3 is 3.08 bits per heavy atom. The van der Waals surface area contributed by atoms with Crippen molar-refractivity contribution in [2.24, 2.45) is 0 Å². The first-order valence-electron chi connectivity index (χ1n) is 3.78. The maximum Gasteiger partial charge on any atom is 0.339 e. The lowest BCUT2D eigenvalue weighted by Gasteiger charge is -2.03. The number of aromatic nitrogens is 1. The summed E-state index contributed by atoms with van der Waals surface area (Å²) in [7, 11) is 0. The largest absolute Gasteiger partial charge is 0.339 e. The van der Waals surface area contributed by atoms with Crippen LogP contribution >= 0.6 is 0 Å². The molecule has 0 amide bonds. The van der Waals surface area contributed by atoms with Crippen molar-refractivity contribution in [3.63, 3.8) is 0 Å². The zero-order chi connectivity index (χ0) is 8.55. The smallest absolute Gasteiger partial charge is 0.282 e. The van der Waals surface area contributed by atoms with Crippen LogP contribution in [-0.2, 0) is 0 Å². The topological polar surface area (TPSA) is 20.9 Å². The number of carbonyl (C=O) groups is 1. The molecule has 12 heavy (non-hydrogen) atoms. The molecule has 0 aromatic carbocycles. The zero-order valence-electron chi connectivity index (χ0n) is 6.74. The van der Waals surface area contributed by atoms with Crippen molar-refractivity contribution in [1.29, 1.82) is 0 Å². The highest BCUT2D eigenvalue weighted by Crippen LogP contribution is 2.08. The first-order chi connectivity index (χ1) is 5.79. The molecule has 0 spiro atoms. The van der Waals surface area contributed by atoms with E-state index in [9.17, 15) is 4.79 Å². The van der Waals surface area contributed by atoms with Crippen LogP contribution in [0.1, 0.15) is 17.4 Å². The average molecular weight is 158 g/mol. The van der Waals surface area contributed by atoms with Gasteiger partial charge in [-0.25, -0.2) is 0 Å². The summed E-state index contributed by atoms with van der Waals surface area (Å²) < 4.78 is 1.70. The molecule has 2 rings (SSSR count). The van der Waals surface area contributed by atoms with Crippen molar-refractivity contribution in [3.05, 3.63) is 48.3 Å². The second-order valence-electron chi connectivity index (χ2n) is 2.74. The average Bonchev–Trinajstić information content (AvgIpc) is 2.12. The van der Waals surface area contributed by atoms with Crippen LogP contribution in [-0.4, -0.2) is 5.78 Å². The van der Waals surface area contributed by atoms with Crippen LogP contribution in [0.5, 0.6) is 0 Å². The first kappa shape index (κ1) is 7.22. The molecule has 0 unspecified atom stereocenters. The van der Waals surface area contributed by atoms with E-state index in [0.717, 1.165) is 5.57 Å². The quantitative estimate of drug-likeness (QED) is 0.516. The lowest BCUT2D eigenvalue weighted by atomic mass is 10.1. The maximum atomic E-state index is 11.5. The standard InChI is InChI=1S/C10H8NO/c1-8-5-7-11-6-3-2-4-9(11)10(8)12/h2-6H,1H3/q+1.